The first kappa shape index (κ1) is 13.1. The molecule has 0 aliphatic rings. The predicted octanol–water partition coefficient (Wildman–Crippen LogP) is 1.66. The van der Waals surface area contributed by atoms with E-state index in [-0.39, 0.29) is 6.61 Å². The van der Waals surface area contributed by atoms with Gasteiger partial charge in [-0.2, -0.15) is 0 Å². The molecule has 90 valence electrons. The zero-order chi connectivity index (χ0) is 12.3. The maximum Gasteiger partial charge on any atom is 0.140 e. The largest absolute Gasteiger partial charge is 0.496 e. The van der Waals surface area contributed by atoms with Crippen molar-refractivity contribution in [2.45, 2.75) is 13.0 Å². The number of rotatable bonds is 4. The van der Waals surface area contributed by atoms with Gasteiger partial charge >= 0.3 is 0 Å². The van der Waals surface area contributed by atoms with Gasteiger partial charge in [-0.25, -0.2) is 0 Å². The number of aryl methyl sites for hydroxylation is 1. The zero-order valence-electron chi connectivity index (χ0n) is 9.58. The van der Waals surface area contributed by atoms with Gasteiger partial charge in [-0.15, -0.1) is 0 Å². The van der Waals surface area contributed by atoms with Gasteiger partial charge in [-0.1, -0.05) is 11.6 Å². The van der Waals surface area contributed by atoms with Gasteiger partial charge in [0.25, 0.3) is 0 Å². The van der Waals surface area contributed by atoms with Gasteiger partial charge in [0.2, 0.25) is 0 Å². The Hall–Kier alpha value is -0.970. The SMILES string of the molecule is COc1cc(C)c(OC)c(Cl)c1C(N)CO. The predicted molar refractivity (Wildman–Crippen MR) is 63.3 cm³/mol. The number of halogens is 1. The van der Waals surface area contributed by atoms with E-state index in [4.69, 9.17) is 31.9 Å². The van der Waals surface area contributed by atoms with Crippen LogP contribution in [0.15, 0.2) is 6.07 Å². The Morgan fingerprint density at radius 1 is 1.44 bits per heavy atom. The molecule has 0 aliphatic heterocycles. The maximum atomic E-state index is 9.09. The van der Waals surface area contributed by atoms with Gasteiger partial charge < -0.3 is 20.3 Å². The molecule has 5 heteroatoms. The molecule has 1 unspecified atom stereocenters. The van der Waals surface area contributed by atoms with Crippen LogP contribution in [-0.2, 0) is 0 Å². The van der Waals surface area contributed by atoms with Crippen LogP contribution in [0.1, 0.15) is 17.2 Å². The third-order valence-corrected chi connectivity index (χ3v) is 2.77. The lowest BCUT2D eigenvalue weighted by molar-refractivity contribution is 0.264. The molecule has 0 saturated heterocycles. The van der Waals surface area contributed by atoms with Crippen LogP contribution in [0.25, 0.3) is 0 Å². The van der Waals surface area contributed by atoms with Crippen molar-refractivity contribution in [2.75, 3.05) is 20.8 Å². The molecule has 0 aliphatic carbocycles. The van der Waals surface area contributed by atoms with Crippen LogP contribution in [0, 0.1) is 6.92 Å². The first-order chi connectivity index (χ1) is 7.56. The van der Waals surface area contributed by atoms with E-state index in [1.165, 1.54) is 14.2 Å². The molecule has 1 atom stereocenters. The fourth-order valence-corrected chi connectivity index (χ4v) is 2.06. The quantitative estimate of drug-likeness (QED) is 0.847. The van der Waals surface area contributed by atoms with E-state index in [9.17, 15) is 0 Å². The van der Waals surface area contributed by atoms with Crippen LogP contribution in [0.5, 0.6) is 11.5 Å². The number of hydrogen-bond acceptors (Lipinski definition) is 4. The van der Waals surface area contributed by atoms with E-state index >= 15 is 0 Å². The van der Waals surface area contributed by atoms with Gasteiger partial charge in [0.15, 0.2) is 0 Å². The lowest BCUT2D eigenvalue weighted by Gasteiger charge is -2.19. The molecule has 3 N–H and O–H groups in total. The molecular formula is C11H16ClNO3. The van der Waals surface area contributed by atoms with E-state index in [0.717, 1.165) is 5.56 Å². The summed E-state index contributed by atoms with van der Waals surface area (Å²) in [6.45, 7) is 1.66. The van der Waals surface area contributed by atoms with Crippen LogP contribution in [-0.4, -0.2) is 25.9 Å². The second-order valence-electron chi connectivity index (χ2n) is 3.45. The number of aliphatic hydroxyl groups is 1. The number of benzene rings is 1. The van der Waals surface area contributed by atoms with Crippen LogP contribution in [0.3, 0.4) is 0 Å². The second kappa shape index (κ2) is 5.39. The average Bonchev–Trinajstić information content (AvgIpc) is 2.27. The van der Waals surface area contributed by atoms with Gasteiger partial charge in [0.1, 0.15) is 11.5 Å². The Labute approximate surface area is 99.9 Å². The molecule has 4 nitrogen and oxygen atoms in total. The van der Waals surface area contributed by atoms with E-state index < -0.39 is 6.04 Å². The number of hydrogen-bond donors (Lipinski definition) is 2. The molecule has 1 aromatic carbocycles. The second-order valence-corrected chi connectivity index (χ2v) is 3.82. The first-order valence-electron chi connectivity index (χ1n) is 4.84. The van der Waals surface area contributed by atoms with Crippen molar-refractivity contribution in [2.24, 2.45) is 5.73 Å². The normalized spacial score (nSPS) is 12.4. The Morgan fingerprint density at radius 3 is 2.50 bits per heavy atom. The molecule has 0 saturated carbocycles. The van der Waals surface area contributed by atoms with Crippen LogP contribution < -0.4 is 15.2 Å². The van der Waals surface area contributed by atoms with E-state index in [1.54, 1.807) is 6.07 Å². The first-order valence-corrected chi connectivity index (χ1v) is 5.22. The summed E-state index contributed by atoms with van der Waals surface area (Å²) < 4.78 is 10.4. The fourth-order valence-electron chi connectivity index (χ4n) is 1.60. The molecule has 16 heavy (non-hydrogen) atoms. The van der Waals surface area contributed by atoms with Crippen molar-refractivity contribution >= 4 is 11.6 Å². The highest BCUT2D eigenvalue weighted by Gasteiger charge is 2.20. The van der Waals surface area contributed by atoms with E-state index in [1.807, 2.05) is 6.92 Å². The smallest absolute Gasteiger partial charge is 0.140 e. The Bertz CT molecular complexity index is 382. The van der Waals surface area contributed by atoms with Crippen molar-refractivity contribution in [1.29, 1.82) is 0 Å². The number of ether oxygens (including phenoxy) is 2. The maximum absolute atomic E-state index is 9.09. The molecule has 0 amide bonds. The molecule has 0 aromatic heterocycles. The molecule has 0 bridgehead atoms. The number of nitrogens with two attached hydrogens (primary N) is 1. The highest BCUT2D eigenvalue weighted by atomic mass is 35.5. The Kier molecular flexibility index (Phi) is 4.41. The van der Waals surface area contributed by atoms with Gasteiger partial charge in [0.05, 0.1) is 31.9 Å². The molecule has 0 spiro atoms. The minimum atomic E-state index is -0.586. The summed E-state index contributed by atoms with van der Waals surface area (Å²) in [5.74, 6) is 1.12. The molecular weight excluding hydrogens is 230 g/mol. The number of methoxy groups -OCH3 is 2. The number of aliphatic hydroxyl groups excluding tert-OH is 1. The molecule has 1 aromatic rings. The van der Waals surface area contributed by atoms with Crippen molar-refractivity contribution < 1.29 is 14.6 Å². The monoisotopic (exact) mass is 245 g/mol. The Balaban J connectivity index is 3.43. The standard InChI is InChI=1S/C11H16ClNO3/c1-6-4-8(15-2)9(7(13)5-14)10(12)11(6)16-3/h4,7,14H,5,13H2,1-3H3. The van der Waals surface area contributed by atoms with E-state index in [2.05, 4.69) is 0 Å². The van der Waals surface area contributed by atoms with E-state index in [0.29, 0.717) is 22.1 Å². The molecule has 0 fully saturated rings. The van der Waals surface area contributed by atoms with Crippen molar-refractivity contribution in [3.63, 3.8) is 0 Å². The van der Waals surface area contributed by atoms with Gasteiger partial charge in [-0.3, -0.25) is 0 Å². The van der Waals surface area contributed by atoms with Gasteiger partial charge in [0, 0.05) is 5.56 Å². The summed E-state index contributed by atoms with van der Waals surface area (Å²) in [5.41, 5.74) is 7.20. The third kappa shape index (κ3) is 2.24. The summed E-state index contributed by atoms with van der Waals surface area (Å²) in [5, 5.41) is 9.48. The highest BCUT2D eigenvalue weighted by Crippen LogP contribution is 2.40. The van der Waals surface area contributed by atoms with Crippen molar-refractivity contribution in [3.8, 4) is 11.5 Å². The molecule has 0 radical (unpaired) electrons. The van der Waals surface area contributed by atoms with Crippen LogP contribution in [0.4, 0.5) is 0 Å². The van der Waals surface area contributed by atoms with Crippen molar-refractivity contribution in [1.82, 2.24) is 0 Å². The third-order valence-electron chi connectivity index (χ3n) is 2.40. The fraction of sp³-hybridized carbons (Fsp3) is 0.455. The Morgan fingerprint density at radius 2 is 2.06 bits per heavy atom. The highest BCUT2D eigenvalue weighted by molar-refractivity contribution is 6.33. The van der Waals surface area contributed by atoms with Crippen LogP contribution >= 0.6 is 11.6 Å². The molecule has 1 rings (SSSR count). The van der Waals surface area contributed by atoms with Crippen LogP contribution in [0.2, 0.25) is 5.02 Å². The van der Waals surface area contributed by atoms with Gasteiger partial charge in [-0.05, 0) is 18.6 Å². The summed E-state index contributed by atoms with van der Waals surface area (Å²) in [6, 6.07) is 1.20. The summed E-state index contributed by atoms with van der Waals surface area (Å²) >= 11 is 6.18. The summed E-state index contributed by atoms with van der Waals surface area (Å²) in [6.07, 6.45) is 0. The topological polar surface area (TPSA) is 64.7 Å². The lowest BCUT2D eigenvalue weighted by atomic mass is 10.0. The minimum absolute atomic E-state index is 0.206. The lowest BCUT2D eigenvalue weighted by Crippen LogP contribution is -2.16. The average molecular weight is 246 g/mol. The summed E-state index contributed by atoms with van der Waals surface area (Å²) in [4.78, 5) is 0. The zero-order valence-corrected chi connectivity index (χ0v) is 10.3. The summed E-state index contributed by atoms with van der Waals surface area (Å²) in [7, 11) is 3.07. The van der Waals surface area contributed by atoms with Crippen molar-refractivity contribution in [3.05, 3.63) is 22.2 Å². The molecule has 0 heterocycles. The minimum Gasteiger partial charge on any atom is -0.496 e.